The molecule has 19 heavy (non-hydrogen) atoms. The molecule has 1 aliphatic rings. The minimum Gasteiger partial charge on any atom is -0.297 e. The van der Waals surface area contributed by atoms with E-state index in [1.165, 1.54) is 6.07 Å². The number of nitrogens with one attached hydrogen (secondary N) is 1. The second kappa shape index (κ2) is 4.27. The van der Waals surface area contributed by atoms with Crippen LogP contribution in [0.5, 0.6) is 0 Å². The van der Waals surface area contributed by atoms with Gasteiger partial charge in [-0.3, -0.25) is 19.8 Å². The Balaban J connectivity index is 2.20. The topological polar surface area (TPSA) is 76.8 Å². The number of nitro groups is 1. The molecule has 0 spiro atoms. The lowest BCUT2D eigenvalue weighted by Crippen LogP contribution is -2.00. The fourth-order valence-electron chi connectivity index (χ4n) is 2.23. The molecule has 1 aromatic carbocycles. The Hall–Kier alpha value is -2.02. The SMILES string of the molecule is Cc1c(-c2n[nH]c(=S)n2C2CC2)cccc1[N+](=O)[O-]. The Bertz CT molecular complexity index is 715. The molecule has 0 atom stereocenters. The van der Waals surface area contributed by atoms with E-state index in [9.17, 15) is 10.1 Å². The van der Waals surface area contributed by atoms with Crippen LogP contribution >= 0.6 is 12.2 Å². The summed E-state index contributed by atoms with van der Waals surface area (Å²) in [5.74, 6) is 0.689. The average molecular weight is 276 g/mol. The first-order valence-electron chi connectivity index (χ1n) is 6.01. The molecule has 6 nitrogen and oxygen atoms in total. The maximum absolute atomic E-state index is 11.0. The summed E-state index contributed by atoms with van der Waals surface area (Å²) in [6.07, 6.45) is 2.16. The van der Waals surface area contributed by atoms with Crippen molar-refractivity contribution >= 4 is 17.9 Å². The van der Waals surface area contributed by atoms with Gasteiger partial charge in [0.15, 0.2) is 10.6 Å². The van der Waals surface area contributed by atoms with Crippen LogP contribution in [0.25, 0.3) is 11.4 Å². The smallest absolute Gasteiger partial charge is 0.273 e. The van der Waals surface area contributed by atoms with E-state index in [0.29, 0.717) is 22.2 Å². The minimum absolute atomic E-state index is 0.105. The van der Waals surface area contributed by atoms with Crippen molar-refractivity contribution in [2.45, 2.75) is 25.8 Å². The van der Waals surface area contributed by atoms with E-state index < -0.39 is 0 Å². The van der Waals surface area contributed by atoms with Crippen molar-refractivity contribution in [3.05, 3.63) is 38.6 Å². The van der Waals surface area contributed by atoms with Gasteiger partial charge in [-0.1, -0.05) is 12.1 Å². The van der Waals surface area contributed by atoms with Crippen LogP contribution in [0.4, 0.5) is 5.69 Å². The molecular weight excluding hydrogens is 264 g/mol. The van der Waals surface area contributed by atoms with Crippen molar-refractivity contribution < 1.29 is 4.92 Å². The molecule has 0 amide bonds. The maximum atomic E-state index is 11.0. The molecule has 0 aliphatic heterocycles. The molecule has 0 bridgehead atoms. The zero-order valence-electron chi connectivity index (χ0n) is 10.3. The van der Waals surface area contributed by atoms with Crippen molar-refractivity contribution in [3.8, 4) is 11.4 Å². The maximum Gasteiger partial charge on any atom is 0.273 e. The number of nitrogens with zero attached hydrogens (tertiary/aromatic N) is 3. The van der Waals surface area contributed by atoms with Gasteiger partial charge in [-0.15, -0.1) is 0 Å². The molecule has 0 saturated heterocycles. The summed E-state index contributed by atoms with van der Waals surface area (Å²) < 4.78 is 2.53. The third-order valence-electron chi connectivity index (χ3n) is 3.36. The van der Waals surface area contributed by atoms with E-state index in [1.807, 2.05) is 10.6 Å². The van der Waals surface area contributed by atoms with Gasteiger partial charge in [-0.2, -0.15) is 5.10 Å². The molecule has 1 heterocycles. The van der Waals surface area contributed by atoms with E-state index in [4.69, 9.17) is 12.2 Å². The molecule has 1 aliphatic carbocycles. The summed E-state index contributed by atoms with van der Waals surface area (Å²) in [6.45, 7) is 1.74. The summed E-state index contributed by atoms with van der Waals surface area (Å²) >= 11 is 5.23. The fourth-order valence-corrected chi connectivity index (χ4v) is 2.51. The van der Waals surface area contributed by atoms with Gasteiger partial charge in [0, 0.05) is 23.2 Å². The number of aromatic amines is 1. The van der Waals surface area contributed by atoms with Gasteiger partial charge in [-0.25, -0.2) is 0 Å². The number of aromatic nitrogens is 3. The first kappa shape index (κ1) is 12.0. The van der Waals surface area contributed by atoms with Crippen LogP contribution in [-0.4, -0.2) is 19.7 Å². The van der Waals surface area contributed by atoms with E-state index in [1.54, 1.807) is 13.0 Å². The van der Waals surface area contributed by atoms with Gasteiger partial charge in [0.1, 0.15) is 0 Å². The predicted molar refractivity (Wildman–Crippen MR) is 72.5 cm³/mol. The summed E-state index contributed by atoms with van der Waals surface area (Å²) in [5.41, 5.74) is 1.48. The molecule has 3 rings (SSSR count). The number of rotatable bonds is 3. The monoisotopic (exact) mass is 276 g/mol. The third-order valence-corrected chi connectivity index (χ3v) is 3.65. The van der Waals surface area contributed by atoms with Crippen molar-refractivity contribution in [1.82, 2.24) is 14.8 Å². The summed E-state index contributed by atoms with van der Waals surface area (Å²) in [4.78, 5) is 10.6. The highest BCUT2D eigenvalue weighted by atomic mass is 32.1. The van der Waals surface area contributed by atoms with Crippen LogP contribution in [0.1, 0.15) is 24.4 Å². The molecular formula is C12H12N4O2S. The largest absolute Gasteiger partial charge is 0.297 e. The predicted octanol–water partition coefficient (Wildman–Crippen LogP) is 3.16. The molecule has 0 radical (unpaired) electrons. The lowest BCUT2D eigenvalue weighted by molar-refractivity contribution is -0.385. The molecule has 1 saturated carbocycles. The van der Waals surface area contributed by atoms with Gasteiger partial charge < -0.3 is 0 Å². The third kappa shape index (κ3) is 1.95. The van der Waals surface area contributed by atoms with Crippen LogP contribution in [0.2, 0.25) is 0 Å². The Morgan fingerprint density at radius 3 is 2.89 bits per heavy atom. The van der Waals surface area contributed by atoms with Crippen LogP contribution in [0.15, 0.2) is 18.2 Å². The molecule has 1 aromatic heterocycles. The first-order chi connectivity index (χ1) is 9.09. The Morgan fingerprint density at radius 1 is 1.53 bits per heavy atom. The van der Waals surface area contributed by atoms with Crippen LogP contribution < -0.4 is 0 Å². The highest BCUT2D eigenvalue weighted by molar-refractivity contribution is 7.71. The summed E-state index contributed by atoms with van der Waals surface area (Å²) in [7, 11) is 0. The number of hydrogen-bond acceptors (Lipinski definition) is 4. The standard InChI is InChI=1S/C12H12N4O2S/c1-7-9(3-2-4-10(7)16(17)18)11-13-14-12(19)15(11)8-5-6-8/h2-4,8H,5-6H2,1H3,(H,14,19). The van der Waals surface area contributed by atoms with Gasteiger partial charge in [0.25, 0.3) is 5.69 Å². The van der Waals surface area contributed by atoms with E-state index in [-0.39, 0.29) is 10.6 Å². The van der Waals surface area contributed by atoms with E-state index in [0.717, 1.165) is 18.4 Å². The van der Waals surface area contributed by atoms with E-state index >= 15 is 0 Å². The van der Waals surface area contributed by atoms with Crippen LogP contribution in [0, 0.1) is 21.8 Å². The zero-order valence-corrected chi connectivity index (χ0v) is 11.1. The number of nitro benzene ring substituents is 1. The lowest BCUT2D eigenvalue weighted by Gasteiger charge is -2.07. The molecule has 2 aromatic rings. The lowest BCUT2D eigenvalue weighted by atomic mass is 10.1. The second-order valence-electron chi connectivity index (χ2n) is 4.66. The fraction of sp³-hybridized carbons (Fsp3) is 0.333. The van der Waals surface area contributed by atoms with Gasteiger partial charge in [0.05, 0.1) is 4.92 Å². The number of benzene rings is 1. The number of hydrogen-bond donors (Lipinski definition) is 1. The molecule has 7 heteroatoms. The Kier molecular flexibility index (Phi) is 2.70. The second-order valence-corrected chi connectivity index (χ2v) is 5.05. The quantitative estimate of drug-likeness (QED) is 0.530. The van der Waals surface area contributed by atoms with E-state index in [2.05, 4.69) is 10.2 Å². The normalized spacial score (nSPS) is 14.6. The Morgan fingerprint density at radius 2 is 2.26 bits per heavy atom. The molecule has 98 valence electrons. The number of H-pyrrole nitrogens is 1. The van der Waals surface area contributed by atoms with Gasteiger partial charge in [-0.05, 0) is 32.0 Å². The summed E-state index contributed by atoms with van der Waals surface area (Å²) in [5, 5.41) is 18.0. The van der Waals surface area contributed by atoms with Gasteiger partial charge >= 0.3 is 0 Å². The first-order valence-corrected chi connectivity index (χ1v) is 6.41. The highest BCUT2D eigenvalue weighted by Crippen LogP contribution is 2.39. The minimum atomic E-state index is -0.373. The molecule has 1 fully saturated rings. The van der Waals surface area contributed by atoms with Crippen molar-refractivity contribution in [1.29, 1.82) is 0 Å². The van der Waals surface area contributed by atoms with Crippen molar-refractivity contribution in [2.75, 3.05) is 0 Å². The average Bonchev–Trinajstić information content (AvgIpc) is 3.13. The van der Waals surface area contributed by atoms with Crippen LogP contribution in [-0.2, 0) is 0 Å². The van der Waals surface area contributed by atoms with Crippen molar-refractivity contribution in [3.63, 3.8) is 0 Å². The van der Waals surface area contributed by atoms with Crippen molar-refractivity contribution in [2.24, 2.45) is 0 Å². The molecule has 0 unspecified atom stereocenters. The molecule has 1 N–H and O–H groups in total. The van der Waals surface area contributed by atoms with Crippen LogP contribution in [0.3, 0.4) is 0 Å². The Labute approximate surface area is 114 Å². The zero-order chi connectivity index (χ0) is 13.6. The van der Waals surface area contributed by atoms with Gasteiger partial charge in [0.2, 0.25) is 0 Å². The highest BCUT2D eigenvalue weighted by Gasteiger charge is 2.29. The summed E-state index contributed by atoms with van der Waals surface area (Å²) in [6, 6.07) is 5.39.